The summed E-state index contributed by atoms with van der Waals surface area (Å²) in [4.78, 5) is 14.7. The lowest BCUT2D eigenvalue weighted by molar-refractivity contribution is -0.147. The van der Waals surface area contributed by atoms with Gasteiger partial charge in [-0.2, -0.15) is 0 Å². The van der Waals surface area contributed by atoms with E-state index in [2.05, 4.69) is 10.0 Å². The van der Waals surface area contributed by atoms with E-state index in [1.165, 1.54) is 7.11 Å². The zero-order valence-electron chi connectivity index (χ0n) is 17.6. The van der Waals surface area contributed by atoms with Gasteiger partial charge in [-0.1, -0.05) is 35.4 Å². The summed E-state index contributed by atoms with van der Waals surface area (Å²) in [6, 6.07) is 9.93. The highest BCUT2D eigenvalue weighted by atomic mass is 16.8. The van der Waals surface area contributed by atoms with Gasteiger partial charge in [-0.15, -0.1) is 0 Å². The Labute approximate surface area is 176 Å². The number of carbonyl (C=O) groups is 1. The van der Waals surface area contributed by atoms with Crippen LogP contribution in [-0.4, -0.2) is 56.4 Å². The average Bonchev–Trinajstić information content (AvgIpc) is 3.46. The van der Waals surface area contributed by atoms with Crippen LogP contribution in [0.15, 0.2) is 35.4 Å². The molecule has 2 fully saturated rings. The van der Waals surface area contributed by atoms with Gasteiger partial charge in [0.15, 0.2) is 5.79 Å². The van der Waals surface area contributed by atoms with Crippen molar-refractivity contribution in [3.8, 4) is 0 Å². The van der Waals surface area contributed by atoms with E-state index < -0.39 is 5.79 Å². The molecule has 2 saturated heterocycles. The lowest BCUT2D eigenvalue weighted by Crippen LogP contribution is -2.33. The number of azide groups is 1. The predicted molar refractivity (Wildman–Crippen MR) is 107 cm³/mol. The van der Waals surface area contributed by atoms with Crippen molar-refractivity contribution >= 4 is 5.97 Å². The number of esters is 1. The van der Waals surface area contributed by atoms with Crippen LogP contribution in [0.3, 0.4) is 0 Å². The Morgan fingerprint density at radius 2 is 2.03 bits per heavy atom. The Bertz CT molecular complexity index is 752. The van der Waals surface area contributed by atoms with Crippen LogP contribution >= 0.6 is 0 Å². The molecule has 30 heavy (non-hydrogen) atoms. The quantitative estimate of drug-likeness (QED) is 0.136. The molecule has 0 aliphatic carbocycles. The number of ether oxygens (including phenoxy) is 5. The molecule has 0 unspecified atom stereocenters. The Morgan fingerprint density at radius 1 is 1.27 bits per heavy atom. The number of methoxy groups -OCH3 is 1. The van der Waals surface area contributed by atoms with Crippen molar-refractivity contribution in [3.05, 3.63) is 46.3 Å². The van der Waals surface area contributed by atoms with E-state index in [9.17, 15) is 4.79 Å². The van der Waals surface area contributed by atoms with Crippen molar-refractivity contribution in [2.75, 3.05) is 20.3 Å². The zero-order chi connectivity index (χ0) is 21.6. The van der Waals surface area contributed by atoms with Gasteiger partial charge in [0.2, 0.25) is 0 Å². The van der Waals surface area contributed by atoms with Crippen molar-refractivity contribution < 1.29 is 28.5 Å². The second kappa shape index (κ2) is 10.2. The summed E-state index contributed by atoms with van der Waals surface area (Å²) in [7, 11) is 1.38. The second-order valence-electron chi connectivity index (χ2n) is 7.98. The fourth-order valence-electron chi connectivity index (χ4n) is 3.86. The lowest BCUT2D eigenvalue weighted by atomic mass is 9.93. The van der Waals surface area contributed by atoms with E-state index in [-0.39, 0.29) is 49.3 Å². The number of benzene rings is 1. The average molecular weight is 419 g/mol. The molecule has 2 heterocycles. The minimum Gasteiger partial charge on any atom is -0.469 e. The largest absolute Gasteiger partial charge is 0.469 e. The van der Waals surface area contributed by atoms with Crippen molar-refractivity contribution in [2.45, 2.75) is 63.5 Å². The first-order valence-corrected chi connectivity index (χ1v) is 10.1. The second-order valence-corrected chi connectivity index (χ2v) is 7.98. The minimum atomic E-state index is -0.784. The molecule has 9 heteroatoms. The van der Waals surface area contributed by atoms with Gasteiger partial charge in [0.1, 0.15) is 12.2 Å². The van der Waals surface area contributed by atoms with Gasteiger partial charge in [-0.25, -0.2) is 0 Å². The molecule has 0 saturated carbocycles. The van der Waals surface area contributed by atoms with E-state index in [0.29, 0.717) is 19.6 Å². The van der Waals surface area contributed by atoms with Crippen LogP contribution in [0.2, 0.25) is 0 Å². The highest BCUT2D eigenvalue weighted by molar-refractivity contribution is 5.69. The van der Waals surface area contributed by atoms with Crippen LogP contribution in [0, 0.1) is 5.92 Å². The Kier molecular flexibility index (Phi) is 7.69. The molecule has 0 radical (unpaired) electrons. The molecule has 2 aliphatic heterocycles. The van der Waals surface area contributed by atoms with E-state index in [1.807, 2.05) is 44.2 Å². The van der Waals surface area contributed by atoms with Gasteiger partial charge in [0.05, 0.1) is 38.9 Å². The number of nitrogens with zero attached hydrogens (tertiary/aromatic N) is 3. The molecule has 0 spiro atoms. The Morgan fingerprint density at radius 3 is 2.73 bits per heavy atom. The third-order valence-corrected chi connectivity index (χ3v) is 5.30. The van der Waals surface area contributed by atoms with Crippen LogP contribution in [-0.2, 0) is 35.1 Å². The Balaban J connectivity index is 1.56. The highest BCUT2D eigenvalue weighted by Crippen LogP contribution is 2.43. The number of epoxide rings is 1. The molecule has 1 aromatic carbocycles. The maximum absolute atomic E-state index is 11.9. The first kappa shape index (κ1) is 22.5. The van der Waals surface area contributed by atoms with E-state index in [1.54, 1.807) is 0 Å². The molecular weight excluding hydrogens is 390 g/mol. The predicted octanol–water partition coefficient (Wildman–Crippen LogP) is 3.37. The van der Waals surface area contributed by atoms with E-state index >= 15 is 0 Å². The van der Waals surface area contributed by atoms with Gasteiger partial charge >= 0.3 is 5.97 Å². The summed E-state index contributed by atoms with van der Waals surface area (Å²) in [5.74, 6) is -1.13. The molecule has 9 nitrogen and oxygen atoms in total. The molecule has 2 aliphatic rings. The van der Waals surface area contributed by atoms with Gasteiger partial charge < -0.3 is 23.7 Å². The van der Waals surface area contributed by atoms with Crippen molar-refractivity contribution in [1.82, 2.24) is 0 Å². The molecule has 0 N–H and O–H groups in total. The molecule has 5 atom stereocenters. The summed E-state index contributed by atoms with van der Waals surface area (Å²) >= 11 is 0. The summed E-state index contributed by atoms with van der Waals surface area (Å²) in [5.41, 5.74) is 9.73. The fraction of sp³-hybridized carbons (Fsp3) is 0.667. The number of rotatable bonds is 11. The Hall–Kier alpha value is -2.16. The van der Waals surface area contributed by atoms with Crippen molar-refractivity contribution in [3.63, 3.8) is 0 Å². The maximum atomic E-state index is 11.9. The fourth-order valence-corrected chi connectivity index (χ4v) is 3.86. The van der Waals surface area contributed by atoms with Gasteiger partial charge in [-0.05, 0) is 31.4 Å². The van der Waals surface area contributed by atoms with Crippen LogP contribution in [0.4, 0.5) is 0 Å². The maximum Gasteiger partial charge on any atom is 0.305 e. The highest BCUT2D eigenvalue weighted by Gasteiger charge is 2.57. The van der Waals surface area contributed by atoms with Crippen molar-refractivity contribution in [1.29, 1.82) is 0 Å². The minimum absolute atomic E-state index is 0.0642. The van der Waals surface area contributed by atoms with Crippen LogP contribution in [0.25, 0.3) is 10.4 Å². The number of carbonyl (C=O) groups excluding carboxylic acids is 1. The van der Waals surface area contributed by atoms with Crippen molar-refractivity contribution in [2.24, 2.45) is 11.0 Å². The molecule has 0 aromatic heterocycles. The molecular formula is C21H29N3O6. The van der Waals surface area contributed by atoms with Gasteiger partial charge in [0.25, 0.3) is 0 Å². The van der Waals surface area contributed by atoms with Crippen LogP contribution in [0.5, 0.6) is 0 Å². The molecule has 1 aromatic rings. The lowest BCUT2D eigenvalue weighted by Gasteiger charge is -2.17. The first-order valence-electron chi connectivity index (χ1n) is 10.1. The summed E-state index contributed by atoms with van der Waals surface area (Å²) in [6.45, 7) is 4.81. The summed E-state index contributed by atoms with van der Waals surface area (Å²) in [5, 5.41) is 3.63. The SMILES string of the molecule is COC(=O)C[C@H](CCOCc1ccccc1)[C@@H]1O[C@H]1[C@@H]1OC(C)(C)O[C@@H]1CN=[N+]=[N-]. The van der Waals surface area contributed by atoms with Crippen LogP contribution < -0.4 is 0 Å². The summed E-state index contributed by atoms with van der Waals surface area (Å²) in [6.07, 6.45) is -0.249. The molecule has 0 bridgehead atoms. The third-order valence-electron chi connectivity index (χ3n) is 5.30. The summed E-state index contributed by atoms with van der Waals surface area (Å²) < 4.78 is 28.4. The van der Waals surface area contributed by atoms with E-state index in [4.69, 9.17) is 29.2 Å². The number of hydrogen-bond donors (Lipinski definition) is 0. The van der Waals surface area contributed by atoms with Gasteiger partial charge in [0, 0.05) is 17.4 Å². The third kappa shape index (κ3) is 6.17. The first-order chi connectivity index (χ1) is 14.4. The normalized spacial score (nSPS) is 27.8. The van der Waals surface area contributed by atoms with E-state index in [0.717, 1.165) is 5.56 Å². The molecule has 0 amide bonds. The number of hydrogen-bond acceptors (Lipinski definition) is 7. The smallest absolute Gasteiger partial charge is 0.305 e. The molecule has 164 valence electrons. The molecule has 3 rings (SSSR count). The topological polar surface area (TPSA) is 115 Å². The van der Waals surface area contributed by atoms with Gasteiger partial charge in [-0.3, -0.25) is 4.79 Å². The van der Waals surface area contributed by atoms with Crippen LogP contribution in [0.1, 0.15) is 32.3 Å². The zero-order valence-corrected chi connectivity index (χ0v) is 17.6. The standard InChI is InChI=1S/C21H29N3O6/c1-21(2)29-16(12-23-24-22)19(30-21)20-18(28-20)15(11-17(25)26-3)9-10-27-13-14-7-5-4-6-8-14/h4-8,15-16,18-20H,9-13H2,1-3H3/t15-,16+,18-,19+,20+/m0/s1. The monoisotopic (exact) mass is 419 g/mol.